The van der Waals surface area contributed by atoms with Gasteiger partial charge in [-0.2, -0.15) is 0 Å². The van der Waals surface area contributed by atoms with Crippen LogP contribution in [0, 0.1) is 5.92 Å². The third-order valence-electron chi connectivity index (χ3n) is 4.19. The van der Waals surface area contributed by atoms with E-state index in [1.165, 1.54) is 0 Å². The maximum atomic E-state index is 12.1. The van der Waals surface area contributed by atoms with E-state index in [0.717, 1.165) is 36.0 Å². The summed E-state index contributed by atoms with van der Waals surface area (Å²) in [6, 6.07) is 0.0288. The average Bonchev–Trinajstić information content (AvgIpc) is 3.05. The zero-order chi connectivity index (χ0) is 21.3. The Morgan fingerprint density at radius 2 is 2.03 bits per heavy atom. The molecule has 0 aliphatic carbocycles. The van der Waals surface area contributed by atoms with Crippen LogP contribution in [0.3, 0.4) is 0 Å². The first-order valence-corrected chi connectivity index (χ1v) is 10.8. The van der Waals surface area contributed by atoms with E-state index in [0.29, 0.717) is 12.5 Å². The van der Waals surface area contributed by atoms with E-state index in [9.17, 15) is 4.79 Å². The van der Waals surface area contributed by atoms with Crippen LogP contribution in [0.25, 0.3) is 0 Å². The molecule has 1 rings (SSSR count). The number of aromatic nitrogens is 1. The van der Waals surface area contributed by atoms with Gasteiger partial charge in [0.25, 0.3) is 0 Å². The van der Waals surface area contributed by atoms with Crippen LogP contribution in [0.15, 0.2) is 10.4 Å². The number of hydrogen-bond donors (Lipinski definition) is 2. The lowest BCUT2D eigenvalue weighted by molar-refractivity contribution is 0.0486. The Kier molecular flexibility index (Phi) is 12.7. The lowest BCUT2D eigenvalue weighted by atomic mass is 10.0. The summed E-state index contributed by atoms with van der Waals surface area (Å²) in [6.45, 7) is 13.3. The molecule has 0 fully saturated rings. The number of amides is 1. The van der Waals surface area contributed by atoms with Crippen molar-refractivity contribution in [3.63, 3.8) is 0 Å². The van der Waals surface area contributed by atoms with Crippen LogP contribution in [0.5, 0.6) is 0 Å². The van der Waals surface area contributed by atoms with E-state index in [2.05, 4.69) is 51.7 Å². The maximum Gasteiger partial charge on any atom is 0.407 e. The van der Waals surface area contributed by atoms with Crippen molar-refractivity contribution in [1.29, 1.82) is 0 Å². The standard InChI is InChI=1S/C20H37N5O2S.HI/c1-9-17-23-15(13-28-17)12-22-18(21-7)25(8)11-10-16(14(2)3)24-19(26)27-20(4,5)6;/h13-14,16H,9-12H2,1-8H3,(H,21,22)(H,24,26);1H. The van der Waals surface area contributed by atoms with E-state index in [1.54, 1.807) is 18.4 Å². The minimum atomic E-state index is -0.498. The lowest BCUT2D eigenvalue weighted by Gasteiger charge is -2.28. The molecule has 7 nitrogen and oxygen atoms in total. The van der Waals surface area contributed by atoms with Crippen LogP contribution in [0.1, 0.15) is 58.7 Å². The Morgan fingerprint density at radius 1 is 1.38 bits per heavy atom. The van der Waals surface area contributed by atoms with Crippen molar-refractivity contribution in [2.75, 3.05) is 20.6 Å². The minimum Gasteiger partial charge on any atom is -0.444 e. The van der Waals surface area contributed by atoms with Gasteiger partial charge in [0.2, 0.25) is 0 Å². The average molecular weight is 540 g/mol. The molecule has 0 bridgehead atoms. The fourth-order valence-corrected chi connectivity index (χ4v) is 3.36. The van der Waals surface area contributed by atoms with Crippen molar-refractivity contribution in [2.24, 2.45) is 10.9 Å². The molecule has 1 aromatic heterocycles. The van der Waals surface area contributed by atoms with Crippen molar-refractivity contribution in [2.45, 2.75) is 72.6 Å². The van der Waals surface area contributed by atoms with Gasteiger partial charge in [-0.1, -0.05) is 20.8 Å². The summed E-state index contributed by atoms with van der Waals surface area (Å²) >= 11 is 1.69. The largest absolute Gasteiger partial charge is 0.444 e. The fourth-order valence-electron chi connectivity index (χ4n) is 2.62. The van der Waals surface area contributed by atoms with Crippen LogP contribution in [0.2, 0.25) is 0 Å². The molecule has 1 amide bonds. The third-order valence-corrected chi connectivity index (χ3v) is 5.23. The number of carbonyl (C=O) groups excluding carboxylic acids is 1. The van der Waals surface area contributed by atoms with E-state index in [4.69, 9.17) is 4.74 Å². The molecule has 0 aliphatic heterocycles. The molecule has 9 heteroatoms. The second kappa shape index (κ2) is 13.3. The van der Waals surface area contributed by atoms with Gasteiger partial charge in [0, 0.05) is 32.1 Å². The number of rotatable bonds is 8. The molecular formula is C20H38IN5O2S. The Hall–Kier alpha value is -1.10. The first-order chi connectivity index (χ1) is 13.1. The number of thiazole rings is 1. The molecule has 29 heavy (non-hydrogen) atoms. The SMILES string of the molecule is CCc1nc(CNC(=NC)N(C)CCC(NC(=O)OC(C)(C)C)C(C)C)cs1.I. The van der Waals surface area contributed by atoms with Crippen LogP contribution >= 0.6 is 35.3 Å². The number of aryl methyl sites for hydroxylation is 1. The van der Waals surface area contributed by atoms with Crippen LogP contribution < -0.4 is 10.6 Å². The predicted molar refractivity (Wildman–Crippen MR) is 132 cm³/mol. The quantitative estimate of drug-likeness (QED) is 0.293. The number of ether oxygens (including phenoxy) is 1. The first kappa shape index (κ1) is 27.9. The summed E-state index contributed by atoms with van der Waals surface area (Å²) in [5.74, 6) is 1.11. The number of guanidine groups is 1. The molecule has 1 aromatic rings. The van der Waals surface area contributed by atoms with Crippen LogP contribution in [0.4, 0.5) is 4.79 Å². The molecule has 0 spiro atoms. The zero-order valence-electron chi connectivity index (χ0n) is 19.0. The number of halogens is 1. The van der Waals surface area contributed by atoms with Crippen molar-refractivity contribution in [3.8, 4) is 0 Å². The minimum absolute atomic E-state index is 0. The van der Waals surface area contributed by atoms with Crippen molar-refractivity contribution < 1.29 is 9.53 Å². The van der Waals surface area contributed by atoms with Crippen molar-refractivity contribution in [1.82, 2.24) is 20.5 Å². The van der Waals surface area contributed by atoms with Gasteiger partial charge in [-0.15, -0.1) is 35.3 Å². The fraction of sp³-hybridized carbons (Fsp3) is 0.750. The Morgan fingerprint density at radius 3 is 2.52 bits per heavy atom. The number of carbonyl (C=O) groups is 1. The Balaban J connectivity index is 0.00000784. The monoisotopic (exact) mass is 539 g/mol. The molecule has 1 heterocycles. The van der Waals surface area contributed by atoms with Crippen molar-refractivity contribution >= 4 is 47.4 Å². The lowest BCUT2D eigenvalue weighted by Crippen LogP contribution is -2.45. The van der Waals surface area contributed by atoms with Gasteiger partial charge in [-0.25, -0.2) is 9.78 Å². The first-order valence-electron chi connectivity index (χ1n) is 9.90. The highest BCUT2D eigenvalue weighted by atomic mass is 127. The summed E-state index contributed by atoms with van der Waals surface area (Å²) in [4.78, 5) is 23.1. The molecule has 0 aromatic carbocycles. The van der Waals surface area contributed by atoms with Gasteiger partial charge >= 0.3 is 6.09 Å². The Bertz CT molecular complexity index is 643. The predicted octanol–water partition coefficient (Wildman–Crippen LogP) is 4.27. The molecule has 0 radical (unpaired) electrons. The molecule has 0 saturated heterocycles. The highest BCUT2D eigenvalue weighted by Gasteiger charge is 2.22. The maximum absolute atomic E-state index is 12.1. The van der Waals surface area contributed by atoms with Gasteiger partial charge in [-0.05, 0) is 39.5 Å². The van der Waals surface area contributed by atoms with E-state index in [-0.39, 0.29) is 36.1 Å². The molecule has 0 saturated carbocycles. The summed E-state index contributed by atoms with van der Waals surface area (Å²) in [5, 5.41) is 9.58. The number of aliphatic imine (C=N–C) groups is 1. The van der Waals surface area contributed by atoms with Gasteiger partial charge < -0.3 is 20.3 Å². The highest BCUT2D eigenvalue weighted by molar-refractivity contribution is 14.0. The van der Waals surface area contributed by atoms with Crippen LogP contribution in [-0.2, 0) is 17.7 Å². The molecule has 1 unspecified atom stereocenters. The van der Waals surface area contributed by atoms with E-state index in [1.807, 2.05) is 27.8 Å². The molecule has 2 N–H and O–H groups in total. The molecule has 0 aliphatic rings. The zero-order valence-corrected chi connectivity index (χ0v) is 22.2. The summed E-state index contributed by atoms with van der Waals surface area (Å²) in [5.41, 5.74) is 0.532. The second-order valence-corrected chi connectivity index (χ2v) is 9.14. The van der Waals surface area contributed by atoms with Crippen LogP contribution in [-0.4, -0.2) is 54.2 Å². The molecular weight excluding hydrogens is 501 g/mol. The van der Waals surface area contributed by atoms with Crippen molar-refractivity contribution in [3.05, 3.63) is 16.1 Å². The van der Waals surface area contributed by atoms with Gasteiger partial charge in [0.15, 0.2) is 5.96 Å². The molecule has 1 atom stereocenters. The second-order valence-electron chi connectivity index (χ2n) is 8.19. The summed E-state index contributed by atoms with van der Waals surface area (Å²) in [6.07, 6.45) is 1.39. The number of hydrogen-bond acceptors (Lipinski definition) is 5. The summed E-state index contributed by atoms with van der Waals surface area (Å²) in [7, 11) is 3.77. The smallest absolute Gasteiger partial charge is 0.407 e. The Labute approximate surface area is 197 Å². The van der Waals surface area contributed by atoms with Gasteiger partial charge in [0.05, 0.1) is 17.2 Å². The van der Waals surface area contributed by atoms with Gasteiger partial charge in [-0.3, -0.25) is 4.99 Å². The van der Waals surface area contributed by atoms with Gasteiger partial charge in [0.1, 0.15) is 5.60 Å². The van der Waals surface area contributed by atoms with E-state index >= 15 is 0 Å². The summed E-state index contributed by atoms with van der Waals surface area (Å²) < 4.78 is 5.39. The normalized spacial score (nSPS) is 12.9. The topological polar surface area (TPSA) is 78.9 Å². The van der Waals surface area contributed by atoms with E-state index < -0.39 is 5.60 Å². The highest BCUT2D eigenvalue weighted by Crippen LogP contribution is 2.12. The number of nitrogens with zero attached hydrogens (tertiary/aromatic N) is 3. The third kappa shape index (κ3) is 11.0. The number of nitrogens with one attached hydrogen (secondary N) is 2. The number of alkyl carbamates (subject to hydrolysis) is 1. The molecule has 168 valence electrons.